The number of rotatable bonds is 3. The fourth-order valence-electron chi connectivity index (χ4n) is 1.70. The lowest BCUT2D eigenvalue weighted by Gasteiger charge is -2.07. The molecule has 0 unspecified atom stereocenters. The van der Waals surface area contributed by atoms with E-state index in [9.17, 15) is 9.59 Å². The molecule has 0 bridgehead atoms. The number of halogens is 1. The summed E-state index contributed by atoms with van der Waals surface area (Å²) < 4.78 is 0. The van der Waals surface area contributed by atoms with Gasteiger partial charge in [-0.1, -0.05) is 29.3 Å². The van der Waals surface area contributed by atoms with Gasteiger partial charge in [-0.15, -0.1) is 0 Å². The minimum absolute atomic E-state index is 0.208. The monoisotopic (exact) mass is 288 g/mol. The molecule has 0 spiro atoms. The van der Waals surface area contributed by atoms with Crippen molar-refractivity contribution in [1.82, 2.24) is 0 Å². The van der Waals surface area contributed by atoms with E-state index < -0.39 is 5.91 Å². The number of carbonyl (C=O) groups is 2. The first-order chi connectivity index (χ1) is 9.47. The molecule has 2 aromatic carbocycles. The molecule has 0 aliphatic heterocycles. The van der Waals surface area contributed by atoms with Crippen molar-refractivity contribution in [1.29, 1.82) is 0 Å². The number of amides is 2. The lowest BCUT2D eigenvalue weighted by atomic mass is 10.1. The quantitative estimate of drug-likeness (QED) is 0.911. The normalized spacial score (nSPS) is 10.1. The second kappa shape index (κ2) is 5.75. The number of hydrogen-bond donors (Lipinski definition) is 2. The van der Waals surface area contributed by atoms with Gasteiger partial charge >= 0.3 is 0 Å². The number of hydrogen-bond acceptors (Lipinski definition) is 2. The first-order valence-corrected chi connectivity index (χ1v) is 6.32. The maximum absolute atomic E-state index is 12.0. The predicted octanol–water partition coefficient (Wildman–Crippen LogP) is 3.00. The standard InChI is InChI=1S/C15H13ClN2O2/c1-9-2-4-10(5-3-9)15(20)18-11-6-7-12(14(17)19)13(16)8-11/h2-8H,1H3,(H2,17,19)(H,18,20). The zero-order chi connectivity index (χ0) is 14.7. The molecule has 0 aromatic heterocycles. The van der Waals surface area contributed by atoms with E-state index in [2.05, 4.69) is 5.32 Å². The minimum atomic E-state index is -0.605. The molecule has 5 heteroatoms. The van der Waals surface area contributed by atoms with Gasteiger partial charge in [-0.25, -0.2) is 0 Å². The van der Waals surface area contributed by atoms with Crippen molar-refractivity contribution < 1.29 is 9.59 Å². The van der Waals surface area contributed by atoms with E-state index in [1.807, 2.05) is 19.1 Å². The van der Waals surface area contributed by atoms with Gasteiger partial charge in [0, 0.05) is 11.3 Å². The van der Waals surface area contributed by atoms with E-state index in [0.717, 1.165) is 5.56 Å². The van der Waals surface area contributed by atoms with Gasteiger partial charge in [-0.2, -0.15) is 0 Å². The molecule has 2 rings (SSSR count). The van der Waals surface area contributed by atoms with Crippen molar-refractivity contribution in [2.24, 2.45) is 5.73 Å². The minimum Gasteiger partial charge on any atom is -0.366 e. The van der Waals surface area contributed by atoms with E-state index >= 15 is 0 Å². The molecule has 102 valence electrons. The van der Waals surface area contributed by atoms with Crippen molar-refractivity contribution >= 4 is 29.1 Å². The molecule has 0 fully saturated rings. The second-order valence-corrected chi connectivity index (χ2v) is 4.79. The third kappa shape index (κ3) is 3.16. The number of nitrogens with two attached hydrogens (primary N) is 1. The van der Waals surface area contributed by atoms with Gasteiger partial charge < -0.3 is 11.1 Å². The fourth-order valence-corrected chi connectivity index (χ4v) is 1.97. The first kappa shape index (κ1) is 14.1. The largest absolute Gasteiger partial charge is 0.366 e. The summed E-state index contributed by atoms with van der Waals surface area (Å²) in [6.45, 7) is 1.95. The maximum atomic E-state index is 12.0. The van der Waals surface area contributed by atoms with Gasteiger partial charge in [0.2, 0.25) is 5.91 Å². The molecule has 0 aliphatic carbocycles. The van der Waals surface area contributed by atoms with Crippen LogP contribution in [0.1, 0.15) is 26.3 Å². The number of carbonyl (C=O) groups excluding carboxylic acids is 2. The summed E-state index contributed by atoms with van der Waals surface area (Å²) in [5.41, 5.74) is 7.51. The summed E-state index contributed by atoms with van der Waals surface area (Å²) in [7, 11) is 0. The number of aryl methyl sites for hydroxylation is 1. The Morgan fingerprint density at radius 2 is 1.75 bits per heavy atom. The van der Waals surface area contributed by atoms with Crippen LogP contribution in [0.5, 0.6) is 0 Å². The molecular formula is C15H13ClN2O2. The molecule has 0 saturated heterocycles. The van der Waals surface area contributed by atoms with Crippen molar-refractivity contribution in [3.05, 3.63) is 64.2 Å². The summed E-state index contributed by atoms with van der Waals surface area (Å²) in [6.07, 6.45) is 0. The van der Waals surface area contributed by atoms with Crippen LogP contribution in [0.4, 0.5) is 5.69 Å². The summed E-state index contributed by atoms with van der Waals surface area (Å²) in [4.78, 5) is 23.1. The molecule has 2 aromatic rings. The molecular weight excluding hydrogens is 276 g/mol. The van der Waals surface area contributed by atoms with Crippen LogP contribution in [0, 0.1) is 6.92 Å². The Bertz CT molecular complexity index is 666. The third-order valence-electron chi connectivity index (χ3n) is 2.81. The number of primary amides is 1. The summed E-state index contributed by atoms with van der Waals surface area (Å²) in [5, 5.41) is 2.92. The maximum Gasteiger partial charge on any atom is 0.255 e. The first-order valence-electron chi connectivity index (χ1n) is 5.95. The molecule has 4 nitrogen and oxygen atoms in total. The number of nitrogens with one attached hydrogen (secondary N) is 1. The Labute approximate surface area is 121 Å². The van der Waals surface area contributed by atoms with Crippen molar-refractivity contribution in [3.8, 4) is 0 Å². The van der Waals surface area contributed by atoms with Crippen LogP contribution in [-0.4, -0.2) is 11.8 Å². The van der Waals surface area contributed by atoms with Crippen molar-refractivity contribution in [2.45, 2.75) is 6.92 Å². The fraction of sp³-hybridized carbons (Fsp3) is 0.0667. The Balaban J connectivity index is 2.18. The van der Waals surface area contributed by atoms with Crippen LogP contribution in [0.3, 0.4) is 0 Å². The van der Waals surface area contributed by atoms with Gasteiger partial charge in [-0.3, -0.25) is 9.59 Å². The van der Waals surface area contributed by atoms with E-state index in [-0.39, 0.29) is 16.5 Å². The second-order valence-electron chi connectivity index (χ2n) is 4.38. The average molecular weight is 289 g/mol. The molecule has 2 amide bonds. The molecule has 0 aliphatic rings. The van der Waals surface area contributed by atoms with Crippen LogP contribution < -0.4 is 11.1 Å². The summed E-state index contributed by atoms with van der Waals surface area (Å²) >= 11 is 5.92. The smallest absolute Gasteiger partial charge is 0.255 e. The van der Waals surface area contributed by atoms with Gasteiger partial charge in [0.05, 0.1) is 10.6 Å². The van der Waals surface area contributed by atoms with E-state index in [1.165, 1.54) is 12.1 Å². The van der Waals surface area contributed by atoms with E-state index in [1.54, 1.807) is 18.2 Å². The predicted molar refractivity (Wildman–Crippen MR) is 79.1 cm³/mol. The van der Waals surface area contributed by atoms with Crippen molar-refractivity contribution in [3.63, 3.8) is 0 Å². The SMILES string of the molecule is Cc1ccc(C(=O)Nc2ccc(C(N)=O)c(Cl)c2)cc1. The zero-order valence-corrected chi connectivity index (χ0v) is 11.6. The lowest BCUT2D eigenvalue weighted by molar-refractivity contribution is 0.0998. The Kier molecular flexibility index (Phi) is 4.05. The number of anilines is 1. The highest BCUT2D eigenvalue weighted by molar-refractivity contribution is 6.34. The average Bonchev–Trinajstić information content (AvgIpc) is 2.39. The zero-order valence-electron chi connectivity index (χ0n) is 10.8. The third-order valence-corrected chi connectivity index (χ3v) is 3.12. The van der Waals surface area contributed by atoms with Gasteiger partial charge in [-0.05, 0) is 37.3 Å². The molecule has 20 heavy (non-hydrogen) atoms. The Morgan fingerprint density at radius 3 is 2.30 bits per heavy atom. The Hall–Kier alpha value is -2.33. The highest BCUT2D eigenvalue weighted by Crippen LogP contribution is 2.21. The molecule has 0 atom stereocenters. The van der Waals surface area contributed by atoms with Gasteiger partial charge in [0.1, 0.15) is 0 Å². The van der Waals surface area contributed by atoms with Crippen LogP contribution in [0.2, 0.25) is 5.02 Å². The van der Waals surface area contributed by atoms with Crippen molar-refractivity contribution in [2.75, 3.05) is 5.32 Å². The summed E-state index contributed by atoms with van der Waals surface area (Å²) in [6, 6.07) is 11.8. The van der Waals surface area contributed by atoms with Gasteiger partial charge in [0.15, 0.2) is 0 Å². The Morgan fingerprint density at radius 1 is 1.10 bits per heavy atom. The molecule has 0 saturated carbocycles. The van der Waals surface area contributed by atoms with Crippen LogP contribution in [0.15, 0.2) is 42.5 Å². The highest BCUT2D eigenvalue weighted by atomic mass is 35.5. The van der Waals surface area contributed by atoms with Gasteiger partial charge in [0.25, 0.3) is 5.91 Å². The molecule has 0 heterocycles. The highest BCUT2D eigenvalue weighted by Gasteiger charge is 2.10. The molecule has 3 N–H and O–H groups in total. The lowest BCUT2D eigenvalue weighted by Crippen LogP contribution is -2.14. The van der Waals surface area contributed by atoms with Crippen LogP contribution >= 0.6 is 11.6 Å². The topological polar surface area (TPSA) is 72.2 Å². The van der Waals surface area contributed by atoms with Crippen LogP contribution in [0.25, 0.3) is 0 Å². The number of benzene rings is 2. The van der Waals surface area contributed by atoms with E-state index in [0.29, 0.717) is 11.3 Å². The van der Waals surface area contributed by atoms with E-state index in [4.69, 9.17) is 17.3 Å². The molecule has 0 radical (unpaired) electrons. The van der Waals surface area contributed by atoms with Crippen LogP contribution in [-0.2, 0) is 0 Å². The summed E-state index contributed by atoms with van der Waals surface area (Å²) in [5.74, 6) is -0.848.